The molecule has 1 aliphatic rings. The monoisotopic (exact) mass is 204 g/mol. The van der Waals surface area contributed by atoms with Crippen molar-refractivity contribution in [2.75, 3.05) is 0 Å². The molecule has 0 amide bonds. The molecule has 1 aromatic carbocycles. The summed E-state index contributed by atoms with van der Waals surface area (Å²) in [4.78, 5) is 0. The third kappa shape index (κ3) is 7.99. The van der Waals surface area contributed by atoms with Gasteiger partial charge in [-0.25, -0.2) is 0 Å². The summed E-state index contributed by atoms with van der Waals surface area (Å²) in [7, 11) is 0. The molecule has 0 heteroatoms. The molecule has 1 fully saturated rings. The molecule has 1 saturated carbocycles. The molecule has 1 aliphatic carbocycles. The van der Waals surface area contributed by atoms with Crippen molar-refractivity contribution in [1.29, 1.82) is 0 Å². The van der Waals surface area contributed by atoms with E-state index in [0.717, 1.165) is 5.92 Å². The molecular formula is C15H24. The van der Waals surface area contributed by atoms with Crippen LogP contribution in [0.25, 0.3) is 0 Å². The highest BCUT2D eigenvalue weighted by Crippen LogP contribution is 2.34. The van der Waals surface area contributed by atoms with E-state index in [1.165, 1.54) is 24.0 Å². The van der Waals surface area contributed by atoms with Crippen molar-refractivity contribution in [2.24, 2.45) is 5.92 Å². The lowest BCUT2D eigenvalue weighted by atomic mass is 10.2. The molecule has 1 aromatic rings. The van der Waals surface area contributed by atoms with Crippen LogP contribution in [-0.4, -0.2) is 0 Å². The minimum absolute atomic E-state index is 0.907. The van der Waals surface area contributed by atoms with E-state index >= 15 is 0 Å². The number of benzene rings is 1. The molecule has 0 nitrogen and oxygen atoms in total. The van der Waals surface area contributed by atoms with Crippen molar-refractivity contribution >= 4 is 0 Å². The summed E-state index contributed by atoms with van der Waals surface area (Å²) < 4.78 is 0. The van der Waals surface area contributed by atoms with Crippen LogP contribution in [0.3, 0.4) is 0 Å². The molecule has 0 N–H and O–H groups in total. The number of hydrogen-bond acceptors (Lipinski definition) is 0. The van der Waals surface area contributed by atoms with Crippen LogP contribution in [0.2, 0.25) is 0 Å². The summed E-state index contributed by atoms with van der Waals surface area (Å²) in [5, 5.41) is 0. The second-order valence-corrected chi connectivity index (χ2v) is 3.78. The maximum absolute atomic E-state index is 3.82. The van der Waals surface area contributed by atoms with Gasteiger partial charge in [0.25, 0.3) is 0 Å². The number of allylic oxidation sites excluding steroid dienone is 1. The highest BCUT2D eigenvalue weighted by atomic mass is 14.3. The van der Waals surface area contributed by atoms with E-state index in [9.17, 15) is 0 Å². The fraction of sp³-hybridized carbons (Fsp3) is 0.467. The number of hydrogen-bond donors (Lipinski definition) is 0. The zero-order chi connectivity index (χ0) is 11.7. The Bertz CT molecular complexity index is 255. The molecule has 0 heterocycles. The largest absolute Gasteiger partial charge is 0.0999 e. The summed E-state index contributed by atoms with van der Waals surface area (Å²) in [5.74, 6) is 0.907. The van der Waals surface area contributed by atoms with Crippen molar-refractivity contribution in [3.8, 4) is 0 Å². The lowest BCUT2D eigenvalue weighted by Crippen LogP contribution is -1.68. The van der Waals surface area contributed by atoms with Gasteiger partial charge in [0.1, 0.15) is 0 Å². The topological polar surface area (TPSA) is 0 Å². The van der Waals surface area contributed by atoms with Gasteiger partial charge < -0.3 is 0 Å². The van der Waals surface area contributed by atoms with Gasteiger partial charge in [-0.05, 0) is 32.6 Å². The van der Waals surface area contributed by atoms with E-state index in [4.69, 9.17) is 0 Å². The van der Waals surface area contributed by atoms with Gasteiger partial charge in [-0.1, -0.05) is 61.9 Å². The average Bonchev–Trinajstić information content (AvgIpc) is 3.06. The summed E-state index contributed by atoms with van der Waals surface area (Å²) in [6, 6.07) is 10.3. The van der Waals surface area contributed by atoms with E-state index in [2.05, 4.69) is 32.6 Å². The van der Waals surface area contributed by atoms with E-state index in [1.807, 2.05) is 32.0 Å². The van der Waals surface area contributed by atoms with Crippen LogP contribution in [0.4, 0.5) is 0 Å². The zero-order valence-corrected chi connectivity index (χ0v) is 10.6. The first-order chi connectivity index (χ1) is 7.20. The number of rotatable bonds is 1. The van der Waals surface area contributed by atoms with Gasteiger partial charge in [-0.3, -0.25) is 0 Å². The first-order valence-corrected chi connectivity index (χ1v) is 5.87. The number of aryl methyl sites for hydroxylation is 1. The van der Waals surface area contributed by atoms with Crippen LogP contribution < -0.4 is 0 Å². The maximum Gasteiger partial charge on any atom is -0.0208 e. The smallest absolute Gasteiger partial charge is 0.0208 e. The fourth-order valence-corrected chi connectivity index (χ4v) is 1.11. The SMILES string of the molecule is C=C(C)C1CC1.CC.Cc1ccccc1. The van der Waals surface area contributed by atoms with Gasteiger partial charge in [0.2, 0.25) is 0 Å². The Hall–Kier alpha value is -1.04. The Balaban J connectivity index is 0.000000227. The van der Waals surface area contributed by atoms with E-state index < -0.39 is 0 Å². The van der Waals surface area contributed by atoms with E-state index in [1.54, 1.807) is 0 Å². The Morgan fingerprint density at radius 2 is 1.60 bits per heavy atom. The third-order valence-corrected chi connectivity index (χ3v) is 2.21. The summed E-state index contributed by atoms with van der Waals surface area (Å²) in [6.07, 6.45) is 2.80. The predicted octanol–water partition coefficient (Wildman–Crippen LogP) is 4.99. The van der Waals surface area contributed by atoms with Crippen LogP contribution >= 0.6 is 0 Å². The lowest BCUT2D eigenvalue weighted by molar-refractivity contribution is 1.02. The van der Waals surface area contributed by atoms with Gasteiger partial charge >= 0.3 is 0 Å². The summed E-state index contributed by atoms with van der Waals surface area (Å²) in [5.41, 5.74) is 2.69. The molecule has 0 aromatic heterocycles. The molecule has 0 radical (unpaired) electrons. The Morgan fingerprint density at radius 1 is 1.13 bits per heavy atom. The second-order valence-electron chi connectivity index (χ2n) is 3.78. The Morgan fingerprint density at radius 3 is 1.73 bits per heavy atom. The molecular weight excluding hydrogens is 180 g/mol. The standard InChI is InChI=1S/C7H8.C6H10.C2H6/c1-7-5-3-2-4-6-7;1-5(2)6-3-4-6;1-2/h2-6H,1H3;6H,1,3-4H2,2H3;1-2H3. The van der Waals surface area contributed by atoms with Crippen LogP contribution in [-0.2, 0) is 0 Å². The van der Waals surface area contributed by atoms with Crippen molar-refractivity contribution in [3.05, 3.63) is 48.0 Å². The van der Waals surface area contributed by atoms with Crippen LogP contribution in [0.15, 0.2) is 42.5 Å². The minimum atomic E-state index is 0.907. The molecule has 0 unspecified atom stereocenters. The van der Waals surface area contributed by atoms with Gasteiger partial charge in [-0.15, -0.1) is 0 Å². The fourth-order valence-electron chi connectivity index (χ4n) is 1.11. The second kappa shape index (κ2) is 8.28. The Kier molecular flexibility index (Phi) is 7.71. The zero-order valence-electron chi connectivity index (χ0n) is 10.6. The van der Waals surface area contributed by atoms with Crippen LogP contribution in [0, 0.1) is 12.8 Å². The minimum Gasteiger partial charge on any atom is -0.0999 e. The highest BCUT2D eigenvalue weighted by Gasteiger charge is 2.20. The molecule has 2 rings (SSSR count). The van der Waals surface area contributed by atoms with E-state index in [0.29, 0.717) is 0 Å². The van der Waals surface area contributed by atoms with Gasteiger partial charge in [0.05, 0.1) is 0 Å². The van der Waals surface area contributed by atoms with Gasteiger partial charge in [0.15, 0.2) is 0 Å². The quantitative estimate of drug-likeness (QED) is 0.565. The first kappa shape index (κ1) is 14.0. The predicted molar refractivity (Wildman–Crippen MR) is 70.1 cm³/mol. The van der Waals surface area contributed by atoms with Crippen molar-refractivity contribution in [1.82, 2.24) is 0 Å². The lowest BCUT2D eigenvalue weighted by Gasteiger charge is -1.83. The molecule has 0 bridgehead atoms. The van der Waals surface area contributed by atoms with Crippen molar-refractivity contribution in [3.63, 3.8) is 0 Å². The third-order valence-electron chi connectivity index (χ3n) is 2.21. The summed E-state index contributed by atoms with van der Waals surface area (Å²) >= 11 is 0. The Labute approximate surface area is 95.0 Å². The van der Waals surface area contributed by atoms with Gasteiger partial charge in [0, 0.05) is 0 Å². The average molecular weight is 204 g/mol. The summed E-state index contributed by atoms with van der Waals surface area (Å²) in [6.45, 7) is 12.0. The van der Waals surface area contributed by atoms with Crippen LogP contribution in [0.5, 0.6) is 0 Å². The van der Waals surface area contributed by atoms with Gasteiger partial charge in [-0.2, -0.15) is 0 Å². The normalized spacial score (nSPS) is 12.8. The molecule has 0 spiro atoms. The van der Waals surface area contributed by atoms with Crippen molar-refractivity contribution < 1.29 is 0 Å². The first-order valence-electron chi connectivity index (χ1n) is 5.87. The molecule has 15 heavy (non-hydrogen) atoms. The van der Waals surface area contributed by atoms with Crippen LogP contribution in [0.1, 0.15) is 39.2 Å². The molecule has 0 aliphatic heterocycles. The molecule has 0 saturated heterocycles. The molecule has 0 atom stereocenters. The maximum atomic E-state index is 3.82. The van der Waals surface area contributed by atoms with Crippen molar-refractivity contribution in [2.45, 2.75) is 40.5 Å². The highest BCUT2D eigenvalue weighted by molar-refractivity contribution is 5.11. The van der Waals surface area contributed by atoms with E-state index in [-0.39, 0.29) is 0 Å². The molecule has 84 valence electrons.